The van der Waals surface area contributed by atoms with E-state index in [1.54, 1.807) is 0 Å². The maximum Gasteiger partial charge on any atom is 0.325 e. The van der Waals surface area contributed by atoms with Crippen molar-refractivity contribution in [2.45, 2.75) is 89.9 Å². The molecule has 0 aliphatic rings. The summed E-state index contributed by atoms with van der Waals surface area (Å²) >= 11 is 0. The Morgan fingerprint density at radius 1 is 0.750 bits per heavy atom. The highest BCUT2D eigenvalue weighted by Gasteiger charge is 2.29. The number of unbranched alkanes of at least 4 members (excludes halogenated alkanes) is 2. The van der Waals surface area contributed by atoms with Crippen LogP contribution < -0.4 is 33.2 Å². The second kappa shape index (κ2) is 16.4. The molecule has 32 heavy (non-hydrogen) atoms. The van der Waals surface area contributed by atoms with Crippen molar-refractivity contribution in [1.29, 1.82) is 0 Å². The molecular formula is C21H42N6O5. The van der Waals surface area contributed by atoms with Crippen LogP contribution in [0, 0.1) is 5.92 Å². The molecule has 0 aromatic heterocycles. The van der Waals surface area contributed by atoms with Gasteiger partial charge in [0.25, 0.3) is 0 Å². The molecule has 0 aromatic carbocycles. The number of hydrogen-bond donors (Lipinski definition) is 7. The maximum absolute atomic E-state index is 13.0. The normalized spacial score (nSPS) is 14.8. The molecule has 11 nitrogen and oxygen atoms in total. The zero-order valence-electron chi connectivity index (χ0n) is 19.6. The molecular weight excluding hydrogens is 416 g/mol. The summed E-state index contributed by atoms with van der Waals surface area (Å²) in [6.45, 7) is 6.11. The van der Waals surface area contributed by atoms with Crippen molar-refractivity contribution >= 4 is 23.7 Å². The highest BCUT2D eigenvalue weighted by Crippen LogP contribution is 2.08. The van der Waals surface area contributed by atoms with Gasteiger partial charge < -0.3 is 38.3 Å². The van der Waals surface area contributed by atoms with Gasteiger partial charge in [-0.1, -0.05) is 13.8 Å². The van der Waals surface area contributed by atoms with E-state index < -0.39 is 47.9 Å². The Labute approximate surface area is 190 Å². The van der Waals surface area contributed by atoms with E-state index in [0.717, 1.165) is 0 Å². The molecule has 3 amide bonds. The molecule has 4 unspecified atom stereocenters. The summed E-state index contributed by atoms with van der Waals surface area (Å²) < 4.78 is 0. The van der Waals surface area contributed by atoms with Crippen LogP contribution in [0.5, 0.6) is 0 Å². The Kier molecular flexibility index (Phi) is 15.3. The molecule has 0 spiro atoms. The number of hydrogen-bond acceptors (Lipinski definition) is 7. The molecule has 0 bridgehead atoms. The molecule has 4 atom stereocenters. The highest BCUT2D eigenvalue weighted by molar-refractivity contribution is 5.94. The van der Waals surface area contributed by atoms with E-state index >= 15 is 0 Å². The summed E-state index contributed by atoms with van der Waals surface area (Å²) in [6, 6.07) is -3.69. The summed E-state index contributed by atoms with van der Waals surface area (Å²) in [4.78, 5) is 49.1. The molecule has 0 aromatic rings. The average molecular weight is 459 g/mol. The molecule has 0 radical (unpaired) electrons. The lowest BCUT2D eigenvalue weighted by Gasteiger charge is -2.25. The lowest BCUT2D eigenvalue weighted by Crippen LogP contribution is -2.56. The number of carbonyl (C=O) groups excluding carboxylic acids is 3. The zero-order valence-corrected chi connectivity index (χ0v) is 19.6. The Hall–Kier alpha value is -2.24. The van der Waals surface area contributed by atoms with E-state index in [1.165, 1.54) is 6.92 Å². The van der Waals surface area contributed by atoms with Crippen molar-refractivity contribution in [3.05, 3.63) is 0 Å². The van der Waals surface area contributed by atoms with E-state index in [4.69, 9.17) is 22.3 Å². The number of rotatable bonds is 17. The SMILES string of the molecule is CC(C)CC(N)C(=O)NC(CCCCN)C(=O)NC(CCCCN)C(=O)NC(C)C(=O)O. The number of aliphatic carboxylic acids is 1. The highest BCUT2D eigenvalue weighted by atomic mass is 16.4. The fraction of sp³-hybridized carbons (Fsp3) is 0.810. The fourth-order valence-electron chi connectivity index (χ4n) is 3.06. The summed E-state index contributed by atoms with van der Waals surface area (Å²) in [5.74, 6) is -2.53. The van der Waals surface area contributed by atoms with Crippen LogP contribution in [0.1, 0.15) is 65.7 Å². The summed E-state index contributed by atoms with van der Waals surface area (Å²) in [6.07, 6.45) is 3.60. The molecule has 0 saturated carbocycles. The van der Waals surface area contributed by atoms with Crippen molar-refractivity contribution in [1.82, 2.24) is 16.0 Å². The third-order valence-corrected chi connectivity index (χ3v) is 4.95. The molecule has 0 fully saturated rings. The first-order chi connectivity index (χ1) is 15.0. The van der Waals surface area contributed by atoms with Gasteiger partial charge in [0, 0.05) is 0 Å². The van der Waals surface area contributed by atoms with Crippen LogP contribution in [0.4, 0.5) is 0 Å². The van der Waals surface area contributed by atoms with Gasteiger partial charge in [-0.15, -0.1) is 0 Å². The number of carboxylic acids is 1. The minimum Gasteiger partial charge on any atom is -0.480 e. The van der Waals surface area contributed by atoms with Gasteiger partial charge in [-0.3, -0.25) is 19.2 Å². The second-order valence-corrected chi connectivity index (χ2v) is 8.50. The van der Waals surface area contributed by atoms with E-state index in [-0.39, 0.29) is 12.3 Å². The predicted octanol–water partition coefficient (Wildman–Crippen LogP) is -0.823. The van der Waals surface area contributed by atoms with Crippen LogP contribution in [0.3, 0.4) is 0 Å². The van der Waals surface area contributed by atoms with E-state index in [0.29, 0.717) is 51.6 Å². The van der Waals surface area contributed by atoms with Crippen molar-refractivity contribution < 1.29 is 24.3 Å². The Bertz CT molecular complexity index is 601. The third-order valence-electron chi connectivity index (χ3n) is 4.95. The molecule has 186 valence electrons. The van der Waals surface area contributed by atoms with Gasteiger partial charge in [0.05, 0.1) is 6.04 Å². The fourth-order valence-corrected chi connectivity index (χ4v) is 3.06. The third kappa shape index (κ3) is 12.6. The summed E-state index contributed by atoms with van der Waals surface area (Å²) in [5, 5.41) is 16.8. The molecule has 0 aliphatic carbocycles. The van der Waals surface area contributed by atoms with Gasteiger partial charge in [-0.25, -0.2) is 0 Å². The minimum absolute atomic E-state index is 0.215. The maximum atomic E-state index is 13.0. The van der Waals surface area contributed by atoms with Gasteiger partial charge in [0.15, 0.2) is 0 Å². The van der Waals surface area contributed by atoms with Crippen LogP contribution in [0.25, 0.3) is 0 Å². The smallest absolute Gasteiger partial charge is 0.325 e. The van der Waals surface area contributed by atoms with Crippen LogP contribution in [0.2, 0.25) is 0 Å². The van der Waals surface area contributed by atoms with Gasteiger partial charge in [0.1, 0.15) is 18.1 Å². The molecule has 0 rings (SSSR count). The lowest BCUT2D eigenvalue weighted by atomic mass is 10.0. The molecule has 10 N–H and O–H groups in total. The Morgan fingerprint density at radius 2 is 1.19 bits per heavy atom. The predicted molar refractivity (Wildman–Crippen MR) is 122 cm³/mol. The first kappa shape index (κ1) is 29.8. The largest absolute Gasteiger partial charge is 0.480 e. The number of nitrogens with two attached hydrogens (primary N) is 3. The van der Waals surface area contributed by atoms with Crippen LogP contribution in [0.15, 0.2) is 0 Å². The number of carboxylic acid groups (broad SMARTS) is 1. The first-order valence-corrected chi connectivity index (χ1v) is 11.3. The van der Waals surface area contributed by atoms with Crippen LogP contribution >= 0.6 is 0 Å². The first-order valence-electron chi connectivity index (χ1n) is 11.3. The number of nitrogens with one attached hydrogen (secondary N) is 3. The minimum atomic E-state index is -1.18. The monoisotopic (exact) mass is 458 g/mol. The lowest BCUT2D eigenvalue weighted by molar-refractivity contribution is -0.141. The van der Waals surface area contributed by atoms with Gasteiger partial charge in [-0.2, -0.15) is 0 Å². The zero-order chi connectivity index (χ0) is 24.7. The number of amides is 3. The van der Waals surface area contributed by atoms with E-state index in [1.807, 2.05) is 13.8 Å². The van der Waals surface area contributed by atoms with Crippen molar-refractivity contribution in [2.75, 3.05) is 13.1 Å². The van der Waals surface area contributed by atoms with Crippen molar-refractivity contribution in [2.24, 2.45) is 23.1 Å². The molecule has 0 aliphatic heterocycles. The van der Waals surface area contributed by atoms with Gasteiger partial charge in [-0.05, 0) is 70.9 Å². The molecule has 11 heteroatoms. The Morgan fingerprint density at radius 3 is 1.59 bits per heavy atom. The van der Waals surface area contributed by atoms with Gasteiger partial charge >= 0.3 is 5.97 Å². The van der Waals surface area contributed by atoms with Crippen LogP contribution in [-0.2, 0) is 19.2 Å². The standard InChI is InChI=1S/C21H42N6O5/c1-13(2)12-15(24)18(28)26-17(9-5-7-11-23)20(30)27-16(8-4-6-10-22)19(29)25-14(3)21(31)32/h13-17H,4-12,22-24H2,1-3H3,(H,25,29)(H,26,28)(H,27,30)(H,31,32). The molecule has 0 saturated heterocycles. The second-order valence-electron chi connectivity index (χ2n) is 8.50. The summed E-state index contributed by atoms with van der Waals surface area (Å²) in [5.41, 5.74) is 17.0. The average Bonchev–Trinajstić information content (AvgIpc) is 2.71. The van der Waals surface area contributed by atoms with Gasteiger partial charge in [0.2, 0.25) is 17.7 Å². The van der Waals surface area contributed by atoms with Crippen molar-refractivity contribution in [3.8, 4) is 0 Å². The number of carbonyl (C=O) groups is 4. The topological polar surface area (TPSA) is 203 Å². The van der Waals surface area contributed by atoms with E-state index in [9.17, 15) is 19.2 Å². The molecule has 0 heterocycles. The summed E-state index contributed by atoms with van der Waals surface area (Å²) in [7, 11) is 0. The Balaban J connectivity index is 5.33. The quantitative estimate of drug-likeness (QED) is 0.137. The van der Waals surface area contributed by atoms with E-state index in [2.05, 4.69) is 16.0 Å². The van der Waals surface area contributed by atoms with Crippen molar-refractivity contribution in [3.63, 3.8) is 0 Å². The van der Waals surface area contributed by atoms with Crippen LogP contribution in [-0.4, -0.2) is 66.1 Å².